The van der Waals surface area contributed by atoms with E-state index >= 15 is 0 Å². The normalized spacial score (nSPS) is 12.2. The maximum atomic E-state index is 11.3. The number of rotatable bonds is 9. The summed E-state index contributed by atoms with van der Waals surface area (Å²) in [5, 5.41) is 15.8. The first-order chi connectivity index (χ1) is 13.4. The lowest BCUT2D eigenvalue weighted by atomic mass is 10.1. The van der Waals surface area contributed by atoms with E-state index in [0.29, 0.717) is 19.0 Å². The standard InChI is InChI=1S/C19H29N5O3S/c1-4-17-16(18(5-2)27-24-17)13-23-19(21-6-3)22-12-11-14-7-9-15(10-8-14)28(20,25)26/h7-10H,4-6,11-13H2,1-3H3,(H2,20,25,26)(H2,21,22,23). The number of aryl methyl sites for hydroxylation is 2. The third-order valence-corrected chi connectivity index (χ3v) is 5.23. The monoisotopic (exact) mass is 407 g/mol. The zero-order valence-corrected chi connectivity index (χ0v) is 17.5. The second kappa shape index (κ2) is 10.2. The number of nitrogens with one attached hydrogen (secondary N) is 2. The number of aliphatic imine (C=N–C) groups is 1. The second-order valence-electron chi connectivity index (χ2n) is 6.30. The summed E-state index contributed by atoms with van der Waals surface area (Å²) < 4.78 is 28.0. The van der Waals surface area contributed by atoms with Crippen LogP contribution in [0.3, 0.4) is 0 Å². The largest absolute Gasteiger partial charge is 0.361 e. The number of primary sulfonamides is 1. The maximum Gasteiger partial charge on any atom is 0.238 e. The van der Waals surface area contributed by atoms with Crippen LogP contribution in [-0.4, -0.2) is 32.6 Å². The van der Waals surface area contributed by atoms with Crippen LogP contribution in [0.4, 0.5) is 0 Å². The molecule has 2 aromatic rings. The van der Waals surface area contributed by atoms with E-state index in [4.69, 9.17) is 9.66 Å². The van der Waals surface area contributed by atoms with E-state index in [9.17, 15) is 8.42 Å². The van der Waals surface area contributed by atoms with E-state index in [1.54, 1.807) is 12.1 Å². The molecule has 0 saturated heterocycles. The number of nitrogens with zero attached hydrogens (tertiary/aromatic N) is 2. The van der Waals surface area contributed by atoms with Crippen LogP contribution in [0.2, 0.25) is 0 Å². The Bertz CT molecular complexity index is 867. The van der Waals surface area contributed by atoms with Gasteiger partial charge in [-0.15, -0.1) is 0 Å². The van der Waals surface area contributed by atoms with Crippen molar-refractivity contribution in [3.63, 3.8) is 0 Å². The van der Waals surface area contributed by atoms with Crippen LogP contribution < -0.4 is 15.8 Å². The number of sulfonamides is 1. The highest BCUT2D eigenvalue weighted by Gasteiger charge is 2.13. The van der Waals surface area contributed by atoms with Crippen LogP contribution in [0, 0.1) is 0 Å². The molecule has 0 aliphatic rings. The molecule has 1 aromatic carbocycles. The second-order valence-corrected chi connectivity index (χ2v) is 7.86. The number of hydrogen-bond donors (Lipinski definition) is 3. The van der Waals surface area contributed by atoms with Gasteiger partial charge in [-0.25, -0.2) is 18.5 Å². The average molecular weight is 408 g/mol. The molecule has 0 spiro atoms. The van der Waals surface area contributed by atoms with Gasteiger partial charge in [0.05, 0.1) is 17.1 Å². The van der Waals surface area contributed by atoms with Crippen molar-refractivity contribution in [3.8, 4) is 0 Å². The highest BCUT2D eigenvalue weighted by Crippen LogP contribution is 2.16. The minimum absolute atomic E-state index is 0.117. The lowest BCUT2D eigenvalue weighted by Gasteiger charge is -2.11. The Morgan fingerprint density at radius 3 is 2.43 bits per heavy atom. The Morgan fingerprint density at radius 2 is 1.86 bits per heavy atom. The Balaban J connectivity index is 1.97. The summed E-state index contributed by atoms with van der Waals surface area (Å²) in [6.45, 7) is 8.02. The van der Waals surface area contributed by atoms with Gasteiger partial charge in [-0.2, -0.15) is 0 Å². The minimum Gasteiger partial charge on any atom is -0.361 e. The van der Waals surface area contributed by atoms with Gasteiger partial charge in [0, 0.05) is 25.1 Å². The third kappa shape index (κ3) is 6.07. The van der Waals surface area contributed by atoms with Crippen molar-refractivity contribution in [2.24, 2.45) is 10.1 Å². The zero-order valence-electron chi connectivity index (χ0n) is 16.7. The maximum absolute atomic E-state index is 11.3. The Hall–Kier alpha value is -2.39. The smallest absolute Gasteiger partial charge is 0.238 e. The molecule has 154 valence electrons. The molecule has 28 heavy (non-hydrogen) atoms. The average Bonchev–Trinajstić information content (AvgIpc) is 3.07. The summed E-state index contributed by atoms with van der Waals surface area (Å²) >= 11 is 0. The first-order valence-electron chi connectivity index (χ1n) is 9.49. The summed E-state index contributed by atoms with van der Waals surface area (Å²) in [5.74, 6) is 1.60. The van der Waals surface area contributed by atoms with Crippen LogP contribution in [0.15, 0.2) is 38.7 Å². The minimum atomic E-state index is -3.66. The predicted molar refractivity (Wildman–Crippen MR) is 110 cm³/mol. The highest BCUT2D eigenvalue weighted by atomic mass is 32.2. The molecule has 8 nitrogen and oxygen atoms in total. The molecule has 0 unspecified atom stereocenters. The van der Waals surface area contributed by atoms with E-state index in [1.165, 1.54) is 12.1 Å². The molecule has 1 aromatic heterocycles. The van der Waals surface area contributed by atoms with Crippen molar-refractivity contribution < 1.29 is 12.9 Å². The number of guanidine groups is 1. The number of hydrogen-bond acceptors (Lipinski definition) is 5. The molecule has 9 heteroatoms. The number of nitrogens with two attached hydrogens (primary N) is 1. The SMILES string of the molecule is CCNC(=NCc1c(CC)noc1CC)NCCc1ccc(S(N)(=O)=O)cc1. The molecular weight excluding hydrogens is 378 g/mol. The van der Waals surface area contributed by atoms with Gasteiger partial charge in [-0.1, -0.05) is 31.1 Å². The van der Waals surface area contributed by atoms with Gasteiger partial charge in [0.25, 0.3) is 0 Å². The van der Waals surface area contributed by atoms with Crippen molar-refractivity contribution in [2.45, 2.75) is 51.5 Å². The summed E-state index contributed by atoms with van der Waals surface area (Å²) in [7, 11) is -3.66. The summed E-state index contributed by atoms with van der Waals surface area (Å²) in [6.07, 6.45) is 2.33. The molecule has 0 fully saturated rings. The molecule has 0 aliphatic carbocycles. The number of aromatic nitrogens is 1. The van der Waals surface area contributed by atoms with Crippen molar-refractivity contribution >= 4 is 16.0 Å². The zero-order chi connectivity index (χ0) is 20.6. The van der Waals surface area contributed by atoms with Gasteiger partial charge < -0.3 is 15.2 Å². The van der Waals surface area contributed by atoms with Gasteiger partial charge in [0.1, 0.15) is 5.76 Å². The van der Waals surface area contributed by atoms with E-state index in [0.717, 1.165) is 48.4 Å². The van der Waals surface area contributed by atoms with Crippen LogP contribution in [0.5, 0.6) is 0 Å². The molecule has 0 bridgehead atoms. The van der Waals surface area contributed by atoms with Crippen LogP contribution in [0.25, 0.3) is 0 Å². The molecule has 0 atom stereocenters. The molecule has 2 rings (SSSR count). The van der Waals surface area contributed by atoms with Crippen LogP contribution in [0.1, 0.15) is 43.4 Å². The fourth-order valence-electron chi connectivity index (χ4n) is 2.79. The van der Waals surface area contributed by atoms with Gasteiger partial charge in [-0.3, -0.25) is 0 Å². The van der Waals surface area contributed by atoms with Gasteiger partial charge >= 0.3 is 0 Å². The molecular formula is C19H29N5O3S. The van der Waals surface area contributed by atoms with E-state index < -0.39 is 10.0 Å². The lowest BCUT2D eigenvalue weighted by molar-refractivity contribution is 0.380. The first kappa shape index (κ1) is 21.9. The Kier molecular flexibility index (Phi) is 8.01. The topological polar surface area (TPSA) is 123 Å². The predicted octanol–water partition coefficient (Wildman–Crippen LogP) is 1.74. The Labute approximate surface area is 166 Å². The fourth-order valence-corrected chi connectivity index (χ4v) is 3.30. The molecule has 0 radical (unpaired) electrons. The van der Waals surface area contributed by atoms with Gasteiger partial charge in [0.2, 0.25) is 10.0 Å². The van der Waals surface area contributed by atoms with E-state index in [2.05, 4.69) is 27.7 Å². The lowest BCUT2D eigenvalue weighted by Crippen LogP contribution is -2.38. The molecule has 4 N–H and O–H groups in total. The quantitative estimate of drug-likeness (QED) is 0.430. The summed E-state index contributed by atoms with van der Waals surface area (Å²) in [5.41, 5.74) is 3.02. The van der Waals surface area contributed by atoms with Crippen LogP contribution >= 0.6 is 0 Å². The van der Waals surface area contributed by atoms with E-state index in [1.807, 2.05) is 13.8 Å². The van der Waals surface area contributed by atoms with E-state index in [-0.39, 0.29) is 4.90 Å². The van der Waals surface area contributed by atoms with Crippen molar-refractivity contribution in [1.29, 1.82) is 0 Å². The highest BCUT2D eigenvalue weighted by molar-refractivity contribution is 7.89. The van der Waals surface area contributed by atoms with Gasteiger partial charge in [0.15, 0.2) is 5.96 Å². The third-order valence-electron chi connectivity index (χ3n) is 4.30. The van der Waals surface area contributed by atoms with Gasteiger partial charge in [-0.05, 0) is 37.5 Å². The summed E-state index contributed by atoms with van der Waals surface area (Å²) in [6, 6.07) is 6.58. The fraction of sp³-hybridized carbons (Fsp3) is 0.474. The van der Waals surface area contributed by atoms with Crippen molar-refractivity contribution in [2.75, 3.05) is 13.1 Å². The van der Waals surface area contributed by atoms with Crippen molar-refractivity contribution in [3.05, 3.63) is 46.8 Å². The van der Waals surface area contributed by atoms with Crippen molar-refractivity contribution in [1.82, 2.24) is 15.8 Å². The van der Waals surface area contributed by atoms with Crippen LogP contribution in [-0.2, 0) is 35.8 Å². The molecule has 0 saturated carbocycles. The Morgan fingerprint density at radius 1 is 1.14 bits per heavy atom. The first-order valence-corrected chi connectivity index (χ1v) is 11.0. The molecule has 0 amide bonds. The molecule has 0 aliphatic heterocycles. The number of benzene rings is 1. The molecule has 1 heterocycles. The summed E-state index contributed by atoms with van der Waals surface area (Å²) in [4.78, 5) is 4.77.